The molecule has 1 aromatic rings. The van der Waals surface area contributed by atoms with Crippen molar-refractivity contribution in [2.75, 3.05) is 32.7 Å². The Bertz CT molecular complexity index is 580. The third kappa shape index (κ3) is 6.87. The standard InChI is InChI=1S/C18H28N4O4/c1-2-8-19-17(24)13-22-10-6-14(7-11-22)21-16(23)5-9-20-18(25)15-4-3-12-26-15/h3-4,12,14H,2,5-11,13H2,1H3,(H,19,24)(H,20,25)(H,21,23). The number of likely N-dealkylation sites (tertiary alicyclic amines) is 1. The Morgan fingerprint density at radius 1 is 1.15 bits per heavy atom. The van der Waals surface area contributed by atoms with Gasteiger partial charge in [-0.15, -0.1) is 0 Å². The molecule has 8 heteroatoms. The fourth-order valence-corrected chi connectivity index (χ4v) is 2.84. The minimum absolute atomic E-state index is 0.0571. The van der Waals surface area contributed by atoms with E-state index in [0.717, 1.165) is 32.4 Å². The predicted molar refractivity (Wildman–Crippen MR) is 96.6 cm³/mol. The molecular weight excluding hydrogens is 336 g/mol. The highest BCUT2D eigenvalue weighted by atomic mass is 16.3. The monoisotopic (exact) mass is 364 g/mol. The summed E-state index contributed by atoms with van der Waals surface area (Å²) in [7, 11) is 0. The Labute approximate surface area is 153 Å². The molecule has 0 aromatic carbocycles. The molecule has 3 amide bonds. The molecule has 144 valence electrons. The third-order valence-corrected chi connectivity index (χ3v) is 4.27. The van der Waals surface area contributed by atoms with Gasteiger partial charge in [-0.1, -0.05) is 6.92 Å². The molecule has 1 aliphatic heterocycles. The van der Waals surface area contributed by atoms with E-state index in [1.807, 2.05) is 6.92 Å². The second-order valence-electron chi connectivity index (χ2n) is 6.45. The second kappa shape index (κ2) is 10.6. The Morgan fingerprint density at radius 3 is 2.58 bits per heavy atom. The summed E-state index contributed by atoms with van der Waals surface area (Å²) in [6.45, 7) is 5.00. The van der Waals surface area contributed by atoms with Crippen LogP contribution >= 0.6 is 0 Å². The summed E-state index contributed by atoms with van der Waals surface area (Å²) >= 11 is 0. The molecule has 1 fully saturated rings. The van der Waals surface area contributed by atoms with Crippen molar-refractivity contribution < 1.29 is 18.8 Å². The Morgan fingerprint density at radius 2 is 1.92 bits per heavy atom. The van der Waals surface area contributed by atoms with E-state index >= 15 is 0 Å². The van der Waals surface area contributed by atoms with E-state index in [2.05, 4.69) is 20.9 Å². The highest BCUT2D eigenvalue weighted by Gasteiger charge is 2.22. The zero-order valence-corrected chi connectivity index (χ0v) is 15.3. The van der Waals surface area contributed by atoms with Gasteiger partial charge in [0.1, 0.15) is 0 Å². The first-order valence-electron chi connectivity index (χ1n) is 9.18. The molecule has 1 saturated heterocycles. The maximum Gasteiger partial charge on any atom is 0.286 e. The third-order valence-electron chi connectivity index (χ3n) is 4.27. The van der Waals surface area contributed by atoms with Gasteiger partial charge in [-0.3, -0.25) is 19.3 Å². The first-order chi connectivity index (χ1) is 12.6. The van der Waals surface area contributed by atoms with Gasteiger partial charge in [0.2, 0.25) is 11.8 Å². The van der Waals surface area contributed by atoms with Gasteiger partial charge in [0.15, 0.2) is 5.76 Å². The lowest BCUT2D eigenvalue weighted by atomic mass is 10.0. The van der Waals surface area contributed by atoms with E-state index in [1.54, 1.807) is 12.1 Å². The number of hydrogen-bond donors (Lipinski definition) is 3. The lowest BCUT2D eigenvalue weighted by Gasteiger charge is -2.31. The first-order valence-corrected chi connectivity index (χ1v) is 9.18. The van der Waals surface area contributed by atoms with Gasteiger partial charge in [0, 0.05) is 38.6 Å². The van der Waals surface area contributed by atoms with E-state index < -0.39 is 0 Å². The maximum atomic E-state index is 12.0. The number of carbonyl (C=O) groups is 3. The molecule has 2 rings (SSSR count). The average molecular weight is 364 g/mol. The van der Waals surface area contributed by atoms with Crippen LogP contribution in [0.3, 0.4) is 0 Å². The van der Waals surface area contributed by atoms with Crippen molar-refractivity contribution in [2.45, 2.75) is 38.6 Å². The number of hydrogen-bond acceptors (Lipinski definition) is 5. The van der Waals surface area contributed by atoms with Crippen molar-refractivity contribution in [2.24, 2.45) is 0 Å². The molecule has 0 radical (unpaired) electrons. The van der Waals surface area contributed by atoms with Crippen molar-refractivity contribution in [1.82, 2.24) is 20.9 Å². The number of amides is 3. The van der Waals surface area contributed by atoms with Crippen LogP contribution in [0.25, 0.3) is 0 Å². The summed E-state index contributed by atoms with van der Waals surface area (Å²) in [4.78, 5) is 37.5. The van der Waals surface area contributed by atoms with Gasteiger partial charge in [0.25, 0.3) is 5.91 Å². The van der Waals surface area contributed by atoms with Crippen molar-refractivity contribution in [1.29, 1.82) is 0 Å². The number of carbonyl (C=O) groups excluding carboxylic acids is 3. The van der Waals surface area contributed by atoms with E-state index in [4.69, 9.17) is 4.42 Å². The smallest absolute Gasteiger partial charge is 0.286 e. The van der Waals surface area contributed by atoms with Crippen LogP contribution in [-0.4, -0.2) is 61.4 Å². The zero-order valence-electron chi connectivity index (χ0n) is 15.3. The Balaban J connectivity index is 1.57. The van der Waals surface area contributed by atoms with Crippen molar-refractivity contribution in [3.63, 3.8) is 0 Å². The van der Waals surface area contributed by atoms with Gasteiger partial charge in [-0.05, 0) is 31.4 Å². The highest BCUT2D eigenvalue weighted by molar-refractivity contribution is 5.91. The zero-order chi connectivity index (χ0) is 18.8. The van der Waals surface area contributed by atoms with Crippen LogP contribution in [-0.2, 0) is 9.59 Å². The lowest BCUT2D eigenvalue weighted by Crippen LogP contribution is -2.47. The topological polar surface area (TPSA) is 104 Å². The molecule has 2 heterocycles. The second-order valence-corrected chi connectivity index (χ2v) is 6.45. The van der Waals surface area contributed by atoms with Crippen molar-refractivity contribution >= 4 is 17.7 Å². The number of nitrogens with zero attached hydrogens (tertiary/aromatic N) is 1. The molecular formula is C18H28N4O4. The summed E-state index contributed by atoms with van der Waals surface area (Å²) in [6, 6.07) is 3.34. The minimum atomic E-state index is -0.322. The largest absolute Gasteiger partial charge is 0.459 e. The van der Waals surface area contributed by atoms with E-state index in [-0.39, 0.29) is 42.5 Å². The van der Waals surface area contributed by atoms with Crippen LogP contribution in [0.4, 0.5) is 0 Å². The molecule has 0 atom stereocenters. The Kier molecular flexibility index (Phi) is 8.14. The van der Waals surface area contributed by atoms with Crippen molar-refractivity contribution in [3.05, 3.63) is 24.2 Å². The minimum Gasteiger partial charge on any atom is -0.459 e. The number of rotatable bonds is 9. The quantitative estimate of drug-likeness (QED) is 0.592. The highest BCUT2D eigenvalue weighted by Crippen LogP contribution is 2.10. The number of piperidine rings is 1. The van der Waals surface area contributed by atoms with Crippen LogP contribution in [0, 0.1) is 0 Å². The van der Waals surface area contributed by atoms with Gasteiger partial charge in [0.05, 0.1) is 12.8 Å². The molecule has 26 heavy (non-hydrogen) atoms. The molecule has 3 N–H and O–H groups in total. The van der Waals surface area contributed by atoms with Crippen LogP contribution in [0.1, 0.15) is 43.2 Å². The van der Waals surface area contributed by atoms with Gasteiger partial charge in [-0.25, -0.2) is 0 Å². The van der Waals surface area contributed by atoms with Gasteiger partial charge in [-0.2, -0.15) is 0 Å². The van der Waals surface area contributed by atoms with Gasteiger partial charge >= 0.3 is 0 Å². The molecule has 0 aliphatic carbocycles. The molecule has 0 saturated carbocycles. The molecule has 0 unspecified atom stereocenters. The van der Waals surface area contributed by atoms with Crippen LogP contribution in [0.5, 0.6) is 0 Å². The summed E-state index contributed by atoms with van der Waals surface area (Å²) < 4.78 is 4.99. The predicted octanol–water partition coefficient (Wildman–Crippen LogP) is 0.506. The summed E-state index contributed by atoms with van der Waals surface area (Å²) in [5, 5.41) is 8.52. The first kappa shape index (κ1) is 20.0. The van der Waals surface area contributed by atoms with Gasteiger partial charge < -0.3 is 20.4 Å². The lowest BCUT2D eigenvalue weighted by molar-refractivity contribution is -0.124. The van der Waals surface area contributed by atoms with E-state index in [0.29, 0.717) is 13.1 Å². The van der Waals surface area contributed by atoms with Crippen molar-refractivity contribution in [3.8, 4) is 0 Å². The molecule has 1 aromatic heterocycles. The fraction of sp³-hybridized carbons (Fsp3) is 0.611. The number of furan rings is 1. The molecule has 0 bridgehead atoms. The van der Waals surface area contributed by atoms with Crippen LogP contribution < -0.4 is 16.0 Å². The molecule has 8 nitrogen and oxygen atoms in total. The number of nitrogens with one attached hydrogen (secondary N) is 3. The van der Waals surface area contributed by atoms with Crippen LogP contribution in [0.2, 0.25) is 0 Å². The molecule has 0 spiro atoms. The summed E-state index contributed by atoms with van der Waals surface area (Å²) in [5.41, 5.74) is 0. The average Bonchev–Trinajstić information content (AvgIpc) is 3.16. The summed E-state index contributed by atoms with van der Waals surface area (Å²) in [5.74, 6) is -0.108. The van der Waals surface area contributed by atoms with Crippen LogP contribution in [0.15, 0.2) is 22.8 Å². The fourth-order valence-electron chi connectivity index (χ4n) is 2.84. The van der Waals surface area contributed by atoms with E-state index in [1.165, 1.54) is 6.26 Å². The Hall–Kier alpha value is -2.35. The maximum absolute atomic E-state index is 12.0. The SMILES string of the molecule is CCCNC(=O)CN1CCC(NC(=O)CCNC(=O)c2ccco2)CC1. The molecule has 1 aliphatic rings. The van der Waals surface area contributed by atoms with E-state index in [9.17, 15) is 14.4 Å². The normalized spacial score (nSPS) is 15.4. The summed E-state index contributed by atoms with van der Waals surface area (Å²) in [6.07, 6.45) is 4.24.